The molecule has 7 rings (SSSR count). The molecule has 0 saturated carbocycles. The van der Waals surface area contributed by atoms with Crippen LogP contribution < -0.4 is 4.74 Å². The van der Waals surface area contributed by atoms with Crippen LogP contribution in [-0.4, -0.2) is 17.0 Å². The molecule has 0 fully saturated rings. The molecule has 1 aliphatic heterocycles. The number of hydrogen-bond donors (Lipinski definition) is 0. The average Bonchev–Trinajstić information content (AvgIpc) is 3.57. The van der Waals surface area contributed by atoms with Crippen molar-refractivity contribution in [2.45, 2.75) is 18.6 Å². The minimum atomic E-state index is 0.0845. The van der Waals surface area contributed by atoms with Crippen LogP contribution in [-0.2, 0) is 11.2 Å². The minimum Gasteiger partial charge on any atom is -0.471 e. The number of rotatable bonds is 4. The zero-order chi connectivity index (χ0) is 22.5. The molecule has 2 aliphatic rings. The predicted molar refractivity (Wildman–Crippen MR) is 136 cm³/mol. The van der Waals surface area contributed by atoms with E-state index in [-0.39, 0.29) is 12.1 Å². The van der Waals surface area contributed by atoms with Crippen LogP contribution >= 0.6 is 11.3 Å². The molecule has 0 saturated heterocycles. The maximum Gasteiger partial charge on any atom is 0.217 e. The van der Waals surface area contributed by atoms with Gasteiger partial charge < -0.3 is 9.47 Å². The number of nitrogens with zero attached hydrogens (tertiary/aromatic N) is 2. The number of ether oxygens (including phenoxy) is 2. The summed E-state index contributed by atoms with van der Waals surface area (Å²) in [6.45, 7) is 0. The Morgan fingerprint density at radius 3 is 2.44 bits per heavy atom. The molecule has 1 aromatic heterocycles. The Kier molecular flexibility index (Phi) is 4.49. The molecule has 0 radical (unpaired) electrons. The second-order valence-corrected chi connectivity index (χ2v) is 9.61. The lowest BCUT2D eigenvalue weighted by Crippen LogP contribution is -2.13. The van der Waals surface area contributed by atoms with E-state index in [0.717, 1.165) is 39.6 Å². The van der Waals surface area contributed by atoms with Gasteiger partial charge in [-0.15, -0.1) is 11.3 Å². The minimum absolute atomic E-state index is 0.0845. The quantitative estimate of drug-likeness (QED) is 0.285. The van der Waals surface area contributed by atoms with E-state index >= 15 is 0 Å². The van der Waals surface area contributed by atoms with Gasteiger partial charge in [0.05, 0.1) is 10.2 Å². The van der Waals surface area contributed by atoms with Crippen LogP contribution in [0.3, 0.4) is 0 Å². The number of para-hydroxylation sites is 1. The second kappa shape index (κ2) is 7.82. The first-order valence-electron chi connectivity index (χ1n) is 11.4. The summed E-state index contributed by atoms with van der Waals surface area (Å²) in [5.74, 6) is 2.22. The van der Waals surface area contributed by atoms with E-state index < -0.39 is 0 Å². The Morgan fingerprint density at radius 1 is 0.794 bits per heavy atom. The molecule has 5 aromatic rings. The van der Waals surface area contributed by atoms with Crippen molar-refractivity contribution in [3.63, 3.8) is 0 Å². The lowest BCUT2D eigenvalue weighted by atomic mass is 10.1. The number of aliphatic imine (C=N–C) groups is 1. The third-order valence-corrected chi connectivity index (χ3v) is 7.44. The maximum atomic E-state index is 6.25. The summed E-state index contributed by atoms with van der Waals surface area (Å²) in [6, 6.07) is 32.8. The number of benzene rings is 4. The standard InChI is InChI=1S/C29H20N2O2S/c1-2-12-23-18(7-1)17-25-27(23)31-28(33-25)19-8-5-10-21(15-19)32-22-11-6-9-20(16-22)29-30-24-13-3-4-14-26(24)34-29/h1-16,25,27H,17H2/t25-,27+/m0/s1. The zero-order valence-electron chi connectivity index (χ0n) is 18.2. The van der Waals surface area contributed by atoms with Crippen LogP contribution in [0.15, 0.2) is 102 Å². The van der Waals surface area contributed by atoms with Gasteiger partial charge in [-0.05, 0) is 53.6 Å². The fourth-order valence-corrected chi connectivity index (χ4v) is 5.72. The highest BCUT2D eigenvalue weighted by Gasteiger charge is 2.39. The largest absolute Gasteiger partial charge is 0.471 e. The van der Waals surface area contributed by atoms with Crippen molar-refractivity contribution in [2.24, 2.45) is 4.99 Å². The Labute approximate surface area is 201 Å². The molecule has 0 spiro atoms. The average molecular weight is 461 g/mol. The van der Waals surface area contributed by atoms with E-state index in [0.29, 0.717) is 5.90 Å². The molecule has 2 heterocycles. The smallest absolute Gasteiger partial charge is 0.217 e. The summed E-state index contributed by atoms with van der Waals surface area (Å²) < 4.78 is 13.7. The molecule has 0 amide bonds. The van der Waals surface area contributed by atoms with Crippen LogP contribution in [0, 0.1) is 0 Å². The van der Waals surface area contributed by atoms with Crippen LogP contribution in [0.4, 0.5) is 0 Å². The molecule has 1 aliphatic carbocycles. The molecule has 4 aromatic carbocycles. The highest BCUT2D eigenvalue weighted by molar-refractivity contribution is 7.21. The molecule has 2 atom stereocenters. The van der Waals surface area contributed by atoms with Gasteiger partial charge in [-0.25, -0.2) is 9.98 Å². The fraction of sp³-hybridized carbons (Fsp3) is 0.103. The lowest BCUT2D eigenvalue weighted by Gasteiger charge is -2.11. The van der Waals surface area contributed by atoms with Crippen molar-refractivity contribution in [1.82, 2.24) is 4.98 Å². The highest BCUT2D eigenvalue weighted by Crippen LogP contribution is 2.41. The van der Waals surface area contributed by atoms with Gasteiger partial charge in [-0.3, -0.25) is 0 Å². The van der Waals surface area contributed by atoms with E-state index in [1.807, 2.05) is 60.7 Å². The first kappa shape index (κ1) is 19.5. The molecule has 5 heteroatoms. The molecule has 0 unspecified atom stereocenters. The van der Waals surface area contributed by atoms with Gasteiger partial charge in [0.1, 0.15) is 28.7 Å². The van der Waals surface area contributed by atoms with E-state index in [1.165, 1.54) is 15.8 Å². The van der Waals surface area contributed by atoms with Gasteiger partial charge in [0.25, 0.3) is 0 Å². The molecule has 34 heavy (non-hydrogen) atoms. The summed E-state index contributed by atoms with van der Waals surface area (Å²) >= 11 is 1.69. The fourth-order valence-electron chi connectivity index (χ4n) is 4.76. The number of aromatic nitrogens is 1. The van der Waals surface area contributed by atoms with Crippen LogP contribution in [0.25, 0.3) is 20.8 Å². The van der Waals surface area contributed by atoms with E-state index in [2.05, 4.69) is 36.4 Å². The first-order chi connectivity index (χ1) is 16.8. The van der Waals surface area contributed by atoms with Crippen molar-refractivity contribution in [3.8, 4) is 22.1 Å². The topological polar surface area (TPSA) is 43.7 Å². The van der Waals surface area contributed by atoms with E-state index in [9.17, 15) is 0 Å². The van der Waals surface area contributed by atoms with Gasteiger partial charge in [0.15, 0.2) is 0 Å². The molecule has 0 N–H and O–H groups in total. The van der Waals surface area contributed by atoms with Gasteiger partial charge >= 0.3 is 0 Å². The highest BCUT2D eigenvalue weighted by atomic mass is 32.1. The third-order valence-electron chi connectivity index (χ3n) is 6.36. The van der Waals surface area contributed by atoms with Crippen molar-refractivity contribution >= 4 is 27.5 Å². The predicted octanol–water partition coefficient (Wildman–Crippen LogP) is 7.20. The van der Waals surface area contributed by atoms with E-state index in [4.69, 9.17) is 19.5 Å². The Balaban J connectivity index is 1.15. The monoisotopic (exact) mass is 460 g/mol. The molecule has 4 nitrogen and oxygen atoms in total. The van der Waals surface area contributed by atoms with Gasteiger partial charge in [0, 0.05) is 17.5 Å². The Bertz CT molecular complexity index is 1540. The van der Waals surface area contributed by atoms with Crippen molar-refractivity contribution in [2.75, 3.05) is 0 Å². The molecule has 0 bridgehead atoms. The molecular weight excluding hydrogens is 440 g/mol. The zero-order valence-corrected chi connectivity index (χ0v) is 19.0. The van der Waals surface area contributed by atoms with Crippen molar-refractivity contribution in [3.05, 3.63) is 114 Å². The molecular formula is C29H20N2O2S. The molecule has 164 valence electrons. The summed E-state index contributed by atoms with van der Waals surface area (Å²) in [4.78, 5) is 9.69. The number of hydrogen-bond acceptors (Lipinski definition) is 5. The Morgan fingerprint density at radius 2 is 1.56 bits per heavy atom. The van der Waals surface area contributed by atoms with Gasteiger partial charge in [-0.2, -0.15) is 0 Å². The summed E-state index contributed by atoms with van der Waals surface area (Å²) in [6.07, 6.45) is 0.991. The summed E-state index contributed by atoms with van der Waals surface area (Å²) in [5, 5.41) is 0.987. The lowest BCUT2D eigenvalue weighted by molar-refractivity contribution is 0.206. The number of thiazole rings is 1. The van der Waals surface area contributed by atoms with Crippen LogP contribution in [0.5, 0.6) is 11.5 Å². The maximum absolute atomic E-state index is 6.25. The van der Waals surface area contributed by atoms with Crippen LogP contribution in [0.2, 0.25) is 0 Å². The van der Waals surface area contributed by atoms with Crippen molar-refractivity contribution in [1.29, 1.82) is 0 Å². The second-order valence-electron chi connectivity index (χ2n) is 8.58. The van der Waals surface area contributed by atoms with E-state index in [1.54, 1.807) is 11.3 Å². The Hall–Kier alpha value is -3.96. The van der Waals surface area contributed by atoms with Gasteiger partial charge in [0.2, 0.25) is 5.90 Å². The normalized spacial score (nSPS) is 18.3. The summed E-state index contributed by atoms with van der Waals surface area (Å²) in [7, 11) is 0. The SMILES string of the molecule is c1cc(Oc2cccc(-c3nc4ccccc4s3)c2)cc(C2=N[C@@H]3c4ccccc4C[C@@H]3O2)c1. The van der Waals surface area contributed by atoms with Gasteiger partial charge in [-0.1, -0.05) is 54.6 Å². The van der Waals surface area contributed by atoms with Crippen molar-refractivity contribution < 1.29 is 9.47 Å². The third kappa shape index (κ3) is 3.37. The van der Waals surface area contributed by atoms with Crippen LogP contribution in [0.1, 0.15) is 22.7 Å². The number of fused-ring (bicyclic) bond motifs is 4. The first-order valence-corrected chi connectivity index (χ1v) is 12.2. The summed E-state index contributed by atoms with van der Waals surface area (Å²) in [5.41, 5.74) is 5.62.